The van der Waals surface area contributed by atoms with E-state index in [-0.39, 0.29) is 0 Å². The fraction of sp³-hybridized carbons (Fsp3) is 0.286. The molecule has 7 heteroatoms. The van der Waals surface area contributed by atoms with Crippen molar-refractivity contribution >= 4 is 11.6 Å². The molecule has 112 valence electrons. The van der Waals surface area contributed by atoms with E-state index in [9.17, 15) is 0 Å². The van der Waals surface area contributed by atoms with E-state index in [0.29, 0.717) is 35.3 Å². The Bertz CT molecular complexity index is 601. The van der Waals surface area contributed by atoms with E-state index in [4.69, 9.17) is 25.7 Å². The zero-order valence-corrected chi connectivity index (χ0v) is 12.3. The first-order valence-corrected chi connectivity index (χ1v) is 6.35. The summed E-state index contributed by atoms with van der Waals surface area (Å²) in [4.78, 5) is 5.79. The third-order valence-electron chi connectivity index (χ3n) is 3.21. The molecule has 2 rings (SSSR count). The quantitative estimate of drug-likeness (QED) is 0.812. The molecule has 0 bridgehead atoms. The molecule has 21 heavy (non-hydrogen) atoms. The lowest BCUT2D eigenvalue weighted by molar-refractivity contribution is -0.514. The van der Waals surface area contributed by atoms with Crippen LogP contribution in [0.25, 0.3) is 0 Å². The third-order valence-corrected chi connectivity index (χ3v) is 3.21. The van der Waals surface area contributed by atoms with Gasteiger partial charge in [-0.15, -0.1) is 0 Å². The number of anilines is 2. The Labute approximate surface area is 122 Å². The lowest BCUT2D eigenvalue weighted by atomic mass is 10.0. The molecule has 0 unspecified atom stereocenters. The number of nitrogen functional groups attached to an aromatic ring is 2. The van der Waals surface area contributed by atoms with Gasteiger partial charge in [-0.05, 0) is 17.7 Å². The summed E-state index contributed by atoms with van der Waals surface area (Å²) in [5, 5.41) is 0. The van der Waals surface area contributed by atoms with Gasteiger partial charge in [0.2, 0.25) is 11.6 Å². The molecule has 0 aliphatic heterocycles. The van der Waals surface area contributed by atoms with Gasteiger partial charge in [0, 0.05) is 6.42 Å². The summed E-state index contributed by atoms with van der Waals surface area (Å²) >= 11 is 0. The number of hydrogen-bond acceptors (Lipinski definition) is 5. The zero-order chi connectivity index (χ0) is 15.4. The highest BCUT2D eigenvalue weighted by Crippen LogP contribution is 2.38. The summed E-state index contributed by atoms with van der Waals surface area (Å²) < 4.78 is 16.0. The topological polar surface area (TPSA) is 108 Å². The predicted octanol–water partition coefficient (Wildman–Crippen LogP) is 0.0958. The van der Waals surface area contributed by atoms with E-state index in [2.05, 4.69) is 9.97 Å². The van der Waals surface area contributed by atoms with Crippen LogP contribution in [0.1, 0.15) is 11.1 Å². The Kier molecular flexibility index (Phi) is 4.32. The number of ether oxygens (including phenoxy) is 3. The van der Waals surface area contributed by atoms with Gasteiger partial charge in [-0.25, -0.2) is 4.98 Å². The monoisotopic (exact) mass is 292 g/mol. The Hall–Kier alpha value is -2.70. The van der Waals surface area contributed by atoms with Crippen molar-refractivity contribution in [2.24, 2.45) is 0 Å². The van der Waals surface area contributed by atoms with E-state index in [1.165, 1.54) is 0 Å². The van der Waals surface area contributed by atoms with Crippen molar-refractivity contribution in [3.05, 3.63) is 29.6 Å². The molecule has 1 heterocycles. The molecule has 0 saturated heterocycles. The van der Waals surface area contributed by atoms with E-state index in [1.807, 2.05) is 12.1 Å². The number of rotatable bonds is 5. The molecule has 1 aromatic heterocycles. The third kappa shape index (κ3) is 2.91. The number of nitrogens with one attached hydrogen (secondary N) is 2. The maximum atomic E-state index is 5.92. The number of aromatic nitrogens is 2. The molecule has 0 saturated carbocycles. The van der Waals surface area contributed by atoms with Crippen molar-refractivity contribution in [1.29, 1.82) is 0 Å². The summed E-state index contributed by atoms with van der Waals surface area (Å²) in [5.74, 6) is 2.76. The fourth-order valence-corrected chi connectivity index (χ4v) is 2.14. The number of benzene rings is 1. The van der Waals surface area contributed by atoms with Crippen molar-refractivity contribution in [2.75, 3.05) is 32.8 Å². The van der Waals surface area contributed by atoms with Gasteiger partial charge in [0.25, 0.3) is 6.33 Å². The largest absolute Gasteiger partial charge is 0.493 e. The minimum absolute atomic E-state index is 0.514. The second kappa shape index (κ2) is 6.17. The second-order valence-electron chi connectivity index (χ2n) is 4.45. The van der Waals surface area contributed by atoms with Crippen molar-refractivity contribution in [3.63, 3.8) is 0 Å². The van der Waals surface area contributed by atoms with Crippen molar-refractivity contribution in [2.45, 2.75) is 6.42 Å². The molecule has 0 aliphatic carbocycles. The van der Waals surface area contributed by atoms with Crippen molar-refractivity contribution in [1.82, 2.24) is 0 Å². The molecule has 0 fully saturated rings. The molecule has 0 aliphatic rings. The molecular weight excluding hydrogens is 272 g/mol. The van der Waals surface area contributed by atoms with Gasteiger partial charge in [-0.1, -0.05) is 0 Å². The maximum Gasteiger partial charge on any atom is 0.339 e. The standard InChI is InChI=1S/C14H18N4O3/c1-19-10-5-8(6-11(20-2)12(10)21-3)4-9-13(15)17-7-18-14(9)16/h5-7H,4H2,1-3H3,(H4,15,16,17,18)/p+2. The molecular formula is C14H20N4O3+2. The summed E-state index contributed by atoms with van der Waals surface area (Å²) in [7, 11) is 4.72. The van der Waals surface area contributed by atoms with Crippen LogP contribution < -0.4 is 35.6 Å². The summed E-state index contributed by atoms with van der Waals surface area (Å²) in [6.45, 7) is 0. The summed E-state index contributed by atoms with van der Waals surface area (Å²) in [5.41, 5.74) is 13.6. The van der Waals surface area contributed by atoms with E-state index in [0.717, 1.165) is 11.1 Å². The molecule has 2 aromatic rings. The number of aromatic amines is 2. The van der Waals surface area contributed by atoms with Crippen LogP contribution >= 0.6 is 0 Å². The minimum Gasteiger partial charge on any atom is -0.493 e. The van der Waals surface area contributed by atoms with Crippen molar-refractivity contribution < 1.29 is 24.2 Å². The maximum absolute atomic E-state index is 5.92. The van der Waals surface area contributed by atoms with Crippen LogP contribution in [0.3, 0.4) is 0 Å². The van der Waals surface area contributed by atoms with Crippen LogP contribution in [0.15, 0.2) is 18.5 Å². The Morgan fingerprint density at radius 3 is 1.86 bits per heavy atom. The fourth-order valence-electron chi connectivity index (χ4n) is 2.14. The Morgan fingerprint density at radius 1 is 0.905 bits per heavy atom. The highest BCUT2D eigenvalue weighted by atomic mass is 16.5. The number of H-pyrrole nitrogens is 2. The van der Waals surface area contributed by atoms with Gasteiger partial charge >= 0.3 is 5.82 Å². The first kappa shape index (κ1) is 14.7. The SMILES string of the molecule is COc1cc(Cc2c(N)[nH+]c[nH+]c2N)cc(OC)c1OC. The number of methoxy groups -OCH3 is 3. The normalized spacial score (nSPS) is 10.2. The smallest absolute Gasteiger partial charge is 0.339 e. The van der Waals surface area contributed by atoms with Gasteiger partial charge in [-0.3, -0.25) is 5.73 Å². The van der Waals surface area contributed by atoms with Gasteiger partial charge in [0.15, 0.2) is 11.5 Å². The van der Waals surface area contributed by atoms with Crippen LogP contribution in [0.4, 0.5) is 11.6 Å². The number of nitrogens with two attached hydrogens (primary N) is 2. The van der Waals surface area contributed by atoms with Gasteiger partial charge in [0.05, 0.1) is 21.3 Å². The van der Waals surface area contributed by atoms with Gasteiger partial charge < -0.3 is 19.9 Å². The molecule has 0 amide bonds. The molecule has 0 atom stereocenters. The summed E-state index contributed by atoms with van der Waals surface area (Å²) in [6, 6.07) is 3.74. The minimum atomic E-state index is 0.514. The molecule has 0 radical (unpaired) electrons. The number of hydrogen-bond donors (Lipinski definition) is 2. The average Bonchev–Trinajstić information content (AvgIpc) is 2.49. The highest BCUT2D eigenvalue weighted by Gasteiger charge is 2.19. The first-order chi connectivity index (χ1) is 10.1. The predicted molar refractivity (Wildman–Crippen MR) is 77.3 cm³/mol. The first-order valence-electron chi connectivity index (χ1n) is 6.35. The lowest BCUT2D eigenvalue weighted by Crippen LogP contribution is -2.25. The van der Waals surface area contributed by atoms with Gasteiger partial charge in [0.1, 0.15) is 5.56 Å². The highest BCUT2D eigenvalue weighted by molar-refractivity contribution is 5.56. The lowest BCUT2D eigenvalue weighted by Gasteiger charge is -2.14. The van der Waals surface area contributed by atoms with Crippen molar-refractivity contribution in [3.8, 4) is 17.2 Å². The van der Waals surface area contributed by atoms with Crippen LogP contribution in [0.2, 0.25) is 0 Å². The van der Waals surface area contributed by atoms with E-state index in [1.54, 1.807) is 27.7 Å². The molecule has 7 nitrogen and oxygen atoms in total. The van der Waals surface area contributed by atoms with Crippen LogP contribution in [0, 0.1) is 0 Å². The molecule has 1 aromatic carbocycles. The Balaban J connectivity index is 2.45. The van der Waals surface area contributed by atoms with Crippen LogP contribution in [0.5, 0.6) is 17.2 Å². The van der Waals surface area contributed by atoms with E-state index < -0.39 is 0 Å². The second-order valence-corrected chi connectivity index (χ2v) is 4.45. The molecule has 6 N–H and O–H groups in total. The average molecular weight is 292 g/mol. The van der Waals surface area contributed by atoms with Crippen LogP contribution in [-0.2, 0) is 6.42 Å². The van der Waals surface area contributed by atoms with E-state index >= 15 is 0 Å². The summed E-state index contributed by atoms with van der Waals surface area (Å²) in [6.07, 6.45) is 2.12. The zero-order valence-electron chi connectivity index (χ0n) is 12.3. The molecule has 0 spiro atoms. The van der Waals surface area contributed by atoms with Gasteiger partial charge in [-0.2, -0.15) is 4.98 Å². The van der Waals surface area contributed by atoms with Crippen LogP contribution in [-0.4, -0.2) is 21.3 Å². The Morgan fingerprint density at radius 2 is 1.43 bits per heavy atom.